The average Bonchev–Trinajstić information content (AvgIpc) is 2.61. The van der Waals surface area contributed by atoms with Crippen molar-refractivity contribution in [3.05, 3.63) is 69.2 Å². The van der Waals surface area contributed by atoms with E-state index in [0.29, 0.717) is 5.11 Å². The lowest BCUT2D eigenvalue weighted by Crippen LogP contribution is -2.44. The molecule has 0 fully saturated rings. The molecular formula is C19H17BrN2OS. The fourth-order valence-electron chi connectivity index (χ4n) is 3.44. The van der Waals surface area contributed by atoms with E-state index in [0.717, 1.165) is 28.8 Å². The van der Waals surface area contributed by atoms with Crippen LogP contribution in [0.3, 0.4) is 0 Å². The molecule has 122 valence electrons. The zero-order valence-electron chi connectivity index (χ0n) is 13.2. The highest BCUT2D eigenvalue weighted by atomic mass is 79.9. The predicted molar refractivity (Wildman–Crippen MR) is 104 cm³/mol. The Bertz CT molecular complexity index is 845. The second kappa shape index (κ2) is 6.22. The van der Waals surface area contributed by atoms with Gasteiger partial charge >= 0.3 is 0 Å². The van der Waals surface area contributed by atoms with Crippen molar-refractivity contribution in [2.75, 3.05) is 7.11 Å². The van der Waals surface area contributed by atoms with E-state index in [1.54, 1.807) is 7.11 Å². The van der Waals surface area contributed by atoms with Crippen molar-refractivity contribution >= 4 is 39.0 Å². The molecular weight excluding hydrogens is 384 g/mol. The number of hydrogen-bond acceptors (Lipinski definition) is 2. The Morgan fingerprint density at radius 1 is 1.12 bits per heavy atom. The highest BCUT2D eigenvalue weighted by Crippen LogP contribution is 2.40. The van der Waals surface area contributed by atoms with Crippen LogP contribution in [-0.2, 0) is 6.42 Å². The van der Waals surface area contributed by atoms with Gasteiger partial charge in [0, 0.05) is 15.7 Å². The van der Waals surface area contributed by atoms with Gasteiger partial charge in [0.1, 0.15) is 5.75 Å². The van der Waals surface area contributed by atoms with Crippen LogP contribution in [0, 0.1) is 0 Å². The molecule has 0 saturated heterocycles. The molecule has 1 atom stereocenters. The topological polar surface area (TPSA) is 33.3 Å². The van der Waals surface area contributed by atoms with Gasteiger partial charge in [0.25, 0.3) is 0 Å². The fourth-order valence-corrected chi connectivity index (χ4v) is 3.93. The molecule has 1 unspecified atom stereocenters. The van der Waals surface area contributed by atoms with Crippen LogP contribution in [0.25, 0.3) is 5.70 Å². The molecule has 0 spiro atoms. The zero-order chi connectivity index (χ0) is 16.7. The van der Waals surface area contributed by atoms with E-state index in [9.17, 15) is 0 Å². The smallest absolute Gasteiger partial charge is 0.171 e. The van der Waals surface area contributed by atoms with Gasteiger partial charge in [-0.1, -0.05) is 34.1 Å². The lowest BCUT2D eigenvalue weighted by molar-refractivity contribution is 0.414. The van der Waals surface area contributed by atoms with E-state index in [1.807, 2.05) is 6.07 Å². The number of benzene rings is 2. The SMILES string of the molecule is COc1ccc2c(c1)C1=C(CC2)C(c2ccc(Br)cc2)NC(=S)N1. The molecule has 0 radical (unpaired) electrons. The molecule has 3 nitrogen and oxygen atoms in total. The first kappa shape index (κ1) is 15.7. The van der Waals surface area contributed by atoms with E-state index in [1.165, 1.54) is 22.3 Å². The molecule has 5 heteroatoms. The minimum Gasteiger partial charge on any atom is -0.497 e. The first-order valence-corrected chi connectivity index (χ1v) is 9.09. The first-order chi connectivity index (χ1) is 11.7. The van der Waals surface area contributed by atoms with Crippen LogP contribution in [0.2, 0.25) is 0 Å². The number of ether oxygens (including phenoxy) is 1. The summed E-state index contributed by atoms with van der Waals surface area (Å²) in [5.41, 5.74) is 6.24. The Hall–Kier alpha value is -1.85. The van der Waals surface area contributed by atoms with Gasteiger partial charge in [-0.2, -0.15) is 0 Å². The second-order valence-corrected chi connectivity index (χ2v) is 7.33. The molecule has 2 aliphatic rings. The van der Waals surface area contributed by atoms with Crippen LogP contribution in [0.15, 0.2) is 52.5 Å². The third-order valence-corrected chi connectivity index (χ3v) is 5.39. The van der Waals surface area contributed by atoms with E-state index >= 15 is 0 Å². The molecule has 0 amide bonds. The summed E-state index contributed by atoms with van der Waals surface area (Å²) in [6.07, 6.45) is 2.04. The number of halogens is 1. The molecule has 4 rings (SSSR count). The standard InChI is InChI=1S/C19H17BrN2OS/c1-23-14-8-4-11-5-9-15-17(12-2-6-13(20)7-3-12)21-19(24)22-18(15)16(11)10-14/h2-4,6-8,10,17H,5,9H2,1H3,(H2,21,22,24). The van der Waals surface area contributed by atoms with Crippen molar-refractivity contribution in [1.82, 2.24) is 10.6 Å². The molecule has 2 aromatic rings. The summed E-state index contributed by atoms with van der Waals surface area (Å²) >= 11 is 8.97. The highest BCUT2D eigenvalue weighted by Gasteiger charge is 2.30. The van der Waals surface area contributed by atoms with E-state index in [2.05, 4.69) is 63.0 Å². The number of thiocarbonyl (C=S) groups is 1. The molecule has 2 N–H and O–H groups in total. The Kier molecular flexibility index (Phi) is 4.06. The van der Waals surface area contributed by atoms with Crippen LogP contribution >= 0.6 is 28.1 Å². The van der Waals surface area contributed by atoms with Gasteiger partial charge in [-0.3, -0.25) is 0 Å². The molecule has 0 saturated carbocycles. The fraction of sp³-hybridized carbons (Fsp3) is 0.211. The van der Waals surface area contributed by atoms with Gasteiger partial charge in [0.15, 0.2) is 5.11 Å². The van der Waals surface area contributed by atoms with Gasteiger partial charge in [-0.15, -0.1) is 0 Å². The Morgan fingerprint density at radius 3 is 2.67 bits per heavy atom. The summed E-state index contributed by atoms with van der Waals surface area (Å²) in [6.45, 7) is 0. The Balaban J connectivity index is 1.83. The van der Waals surface area contributed by atoms with Crippen LogP contribution in [0.1, 0.15) is 29.2 Å². The van der Waals surface area contributed by atoms with E-state index < -0.39 is 0 Å². The molecule has 1 heterocycles. The van der Waals surface area contributed by atoms with Gasteiger partial charge < -0.3 is 15.4 Å². The molecule has 24 heavy (non-hydrogen) atoms. The second-order valence-electron chi connectivity index (χ2n) is 6.01. The number of rotatable bonds is 2. The highest BCUT2D eigenvalue weighted by molar-refractivity contribution is 9.10. The summed E-state index contributed by atoms with van der Waals surface area (Å²) in [7, 11) is 1.70. The van der Waals surface area contributed by atoms with Gasteiger partial charge in [-0.05, 0) is 66.0 Å². The number of methoxy groups -OCH3 is 1. The van der Waals surface area contributed by atoms with Crippen LogP contribution in [0.4, 0.5) is 0 Å². The monoisotopic (exact) mass is 400 g/mol. The lowest BCUT2D eigenvalue weighted by atomic mass is 9.83. The molecule has 0 aromatic heterocycles. The van der Waals surface area contributed by atoms with Crippen molar-refractivity contribution in [2.24, 2.45) is 0 Å². The first-order valence-electron chi connectivity index (χ1n) is 7.89. The largest absolute Gasteiger partial charge is 0.497 e. The minimum atomic E-state index is 0.112. The quantitative estimate of drug-likeness (QED) is 0.734. The Morgan fingerprint density at radius 2 is 1.92 bits per heavy atom. The van der Waals surface area contributed by atoms with Crippen molar-refractivity contribution in [2.45, 2.75) is 18.9 Å². The van der Waals surface area contributed by atoms with Crippen LogP contribution < -0.4 is 15.4 Å². The van der Waals surface area contributed by atoms with E-state index in [4.69, 9.17) is 17.0 Å². The van der Waals surface area contributed by atoms with Crippen molar-refractivity contribution in [3.63, 3.8) is 0 Å². The summed E-state index contributed by atoms with van der Waals surface area (Å²) in [6, 6.07) is 14.8. The summed E-state index contributed by atoms with van der Waals surface area (Å²) in [4.78, 5) is 0. The van der Waals surface area contributed by atoms with E-state index in [-0.39, 0.29) is 6.04 Å². The number of hydrogen-bond donors (Lipinski definition) is 2. The molecule has 2 aromatic carbocycles. The van der Waals surface area contributed by atoms with Crippen molar-refractivity contribution < 1.29 is 4.74 Å². The predicted octanol–water partition coefficient (Wildman–Crippen LogP) is 4.33. The minimum absolute atomic E-state index is 0.112. The summed E-state index contributed by atoms with van der Waals surface area (Å²) in [5, 5.41) is 7.46. The zero-order valence-corrected chi connectivity index (χ0v) is 15.6. The lowest BCUT2D eigenvalue weighted by Gasteiger charge is -2.36. The van der Waals surface area contributed by atoms with Crippen molar-refractivity contribution in [3.8, 4) is 5.75 Å². The maximum Gasteiger partial charge on any atom is 0.171 e. The van der Waals surface area contributed by atoms with Crippen molar-refractivity contribution in [1.29, 1.82) is 0 Å². The molecule has 1 aliphatic carbocycles. The summed E-state index contributed by atoms with van der Waals surface area (Å²) < 4.78 is 6.49. The van der Waals surface area contributed by atoms with Crippen LogP contribution in [-0.4, -0.2) is 12.2 Å². The van der Waals surface area contributed by atoms with Gasteiger partial charge in [0.05, 0.1) is 13.2 Å². The molecule has 0 bridgehead atoms. The van der Waals surface area contributed by atoms with Crippen LogP contribution in [0.5, 0.6) is 5.75 Å². The third kappa shape index (κ3) is 2.72. The van der Waals surface area contributed by atoms with Gasteiger partial charge in [-0.25, -0.2) is 0 Å². The van der Waals surface area contributed by atoms with Gasteiger partial charge in [0.2, 0.25) is 0 Å². The number of nitrogens with one attached hydrogen (secondary N) is 2. The normalized spacial score (nSPS) is 19.1. The molecule has 1 aliphatic heterocycles. The Labute approximate surface area is 155 Å². The summed E-state index contributed by atoms with van der Waals surface area (Å²) in [5.74, 6) is 0.869. The third-order valence-electron chi connectivity index (χ3n) is 4.64. The maximum absolute atomic E-state index is 5.47. The maximum atomic E-state index is 5.47. The number of aryl methyl sites for hydroxylation is 1. The number of fused-ring (bicyclic) bond motifs is 2. The average molecular weight is 401 g/mol.